The molecule has 0 amide bonds. The molecule has 0 bridgehead atoms. The van der Waals surface area contributed by atoms with Gasteiger partial charge in [-0.1, -0.05) is 0 Å². The molecule has 2 aromatic rings. The first kappa shape index (κ1) is 11.1. The number of rotatable bonds is 2. The van der Waals surface area contributed by atoms with Gasteiger partial charge in [-0.15, -0.1) is 0 Å². The molecule has 0 saturated carbocycles. The standard InChI is InChI=1S/C9H10BrIN4/c1-6-9(10)8(14(2)13-6)5-15-4-7(11)3-12-15/h3-4H,5H2,1-2H3. The molecule has 0 aliphatic rings. The lowest BCUT2D eigenvalue weighted by atomic mass is 10.3. The van der Waals surface area contributed by atoms with Crippen molar-refractivity contribution in [2.45, 2.75) is 13.5 Å². The van der Waals surface area contributed by atoms with Gasteiger partial charge in [0.15, 0.2) is 0 Å². The summed E-state index contributed by atoms with van der Waals surface area (Å²) in [6.07, 6.45) is 3.85. The van der Waals surface area contributed by atoms with E-state index in [1.54, 1.807) is 0 Å². The van der Waals surface area contributed by atoms with Crippen molar-refractivity contribution in [1.82, 2.24) is 19.6 Å². The van der Waals surface area contributed by atoms with Gasteiger partial charge >= 0.3 is 0 Å². The number of nitrogens with zero attached hydrogens (tertiary/aromatic N) is 4. The highest BCUT2D eigenvalue weighted by atomic mass is 127. The largest absolute Gasteiger partial charge is 0.269 e. The Kier molecular flexibility index (Phi) is 3.15. The van der Waals surface area contributed by atoms with Gasteiger partial charge in [0.25, 0.3) is 0 Å². The molecule has 0 spiro atoms. The molecule has 0 aromatic carbocycles. The van der Waals surface area contributed by atoms with Gasteiger partial charge in [0.2, 0.25) is 0 Å². The van der Waals surface area contributed by atoms with E-state index >= 15 is 0 Å². The van der Waals surface area contributed by atoms with Crippen molar-refractivity contribution in [3.63, 3.8) is 0 Å². The Morgan fingerprint density at radius 2 is 2.27 bits per heavy atom. The molecule has 0 atom stereocenters. The number of aryl methyl sites for hydroxylation is 2. The molecule has 4 nitrogen and oxygen atoms in total. The molecule has 0 N–H and O–H groups in total. The normalized spacial score (nSPS) is 10.9. The third kappa shape index (κ3) is 2.25. The van der Waals surface area contributed by atoms with Crippen molar-refractivity contribution in [1.29, 1.82) is 0 Å². The van der Waals surface area contributed by atoms with Crippen LogP contribution < -0.4 is 0 Å². The minimum atomic E-state index is 0.737. The molecule has 0 radical (unpaired) electrons. The lowest BCUT2D eigenvalue weighted by Crippen LogP contribution is -2.06. The molecule has 0 saturated heterocycles. The summed E-state index contributed by atoms with van der Waals surface area (Å²) in [4.78, 5) is 0. The van der Waals surface area contributed by atoms with E-state index in [-0.39, 0.29) is 0 Å². The Hall–Kier alpha value is -0.370. The van der Waals surface area contributed by atoms with Gasteiger partial charge in [0.1, 0.15) is 0 Å². The highest BCUT2D eigenvalue weighted by Gasteiger charge is 2.11. The molecule has 0 fully saturated rings. The first-order valence-corrected chi connectivity index (χ1v) is 6.31. The summed E-state index contributed by atoms with van der Waals surface area (Å²) in [7, 11) is 1.95. The summed E-state index contributed by atoms with van der Waals surface area (Å²) < 4.78 is 6.00. The fourth-order valence-corrected chi connectivity index (χ4v) is 2.34. The van der Waals surface area contributed by atoms with Gasteiger partial charge in [-0.3, -0.25) is 9.36 Å². The van der Waals surface area contributed by atoms with E-state index in [0.717, 1.165) is 26.0 Å². The topological polar surface area (TPSA) is 35.6 Å². The van der Waals surface area contributed by atoms with Crippen LogP contribution in [0.2, 0.25) is 0 Å². The van der Waals surface area contributed by atoms with Crippen LogP contribution in [0.1, 0.15) is 11.4 Å². The van der Waals surface area contributed by atoms with E-state index in [4.69, 9.17) is 0 Å². The van der Waals surface area contributed by atoms with Crippen molar-refractivity contribution in [2.24, 2.45) is 7.05 Å². The Morgan fingerprint density at radius 1 is 1.53 bits per heavy atom. The maximum Gasteiger partial charge on any atom is 0.0840 e. The minimum Gasteiger partial charge on any atom is -0.269 e. The second-order valence-corrected chi connectivity index (χ2v) is 5.36. The van der Waals surface area contributed by atoms with Gasteiger partial charge in [-0.25, -0.2) is 0 Å². The van der Waals surface area contributed by atoms with Crippen molar-refractivity contribution in [2.75, 3.05) is 0 Å². The van der Waals surface area contributed by atoms with Crippen LogP contribution in [0.4, 0.5) is 0 Å². The molecule has 0 unspecified atom stereocenters. The molecule has 2 aromatic heterocycles. The quantitative estimate of drug-likeness (QED) is 0.749. The summed E-state index contributed by atoms with van der Waals surface area (Å²) in [5.74, 6) is 0. The lowest BCUT2D eigenvalue weighted by molar-refractivity contribution is 0.617. The highest BCUT2D eigenvalue weighted by Crippen LogP contribution is 2.20. The summed E-state index contributed by atoms with van der Waals surface area (Å²) in [6.45, 7) is 2.72. The average molecular weight is 381 g/mol. The van der Waals surface area contributed by atoms with Crippen molar-refractivity contribution >= 4 is 38.5 Å². The zero-order chi connectivity index (χ0) is 11.0. The summed E-state index contributed by atoms with van der Waals surface area (Å²) in [5, 5.41) is 8.59. The Morgan fingerprint density at radius 3 is 2.73 bits per heavy atom. The second kappa shape index (κ2) is 4.25. The highest BCUT2D eigenvalue weighted by molar-refractivity contribution is 14.1. The molecule has 0 aliphatic carbocycles. The SMILES string of the molecule is Cc1nn(C)c(Cn2cc(I)cn2)c1Br. The zero-order valence-electron chi connectivity index (χ0n) is 8.41. The molecular formula is C9H10BrIN4. The summed E-state index contributed by atoms with van der Waals surface area (Å²) in [5.41, 5.74) is 2.14. The number of hydrogen-bond acceptors (Lipinski definition) is 2. The van der Waals surface area contributed by atoms with Gasteiger partial charge in [0.05, 0.1) is 32.2 Å². The van der Waals surface area contributed by atoms with Gasteiger partial charge < -0.3 is 0 Å². The fourth-order valence-electron chi connectivity index (χ4n) is 1.43. The van der Waals surface area contributed by atoms with Gasteiger partial charge in [-0.2, -0.15) is 10.2 Å². The van der Waals surface area contributed by atoms with E-state index in [0.29, 0.717) is 0 Å². The molecular weight excluding hydrogens is 371 g/mol. The predicted octanol–water partition coefficient (Wildman–Crippen LogP) is 2.34. The van der Waals surface area contributed by atoms with Crippen molar-refractivity contribution in [3.8, 4) is 0 Å². The Balaban J connectivity index is 2.31. The summed E-state index contributed by atoms with van der Waals surface area (Å²) in [6, 6.07) is 0. The lowest BCUT2D eigenvalue weighted by Gasteiger charge is -2.02. The van der Waals surface area contributed by atoms with Crippen LogP contribution >= 0.6 is 38.5 Å². The second-order valence-electron chi connectivity index (χ2n) is 3.33. The van der Waals surface area contributed by atoms with Crippen LogP contribution in [0.5, 0.6) is 0 Å². The van der Waals surface area contributed by atoms with E-state index < -0.39 is 0 Å². The van der Waals surface area contributed by atoms with E-state index in [2.05, 4.69) is 48.7 Å². The first-order valence-electron chi connectivity index (χ1n) is 4.44. The minimum absolute atomic E-state index is 0.737. The van der Waals surface area contributed by atoms with E-state index in [1.807, 2.05) is 35.7 Å². The van der Waals surface area contributed by atoms with E-state index in [1.165, 1.54) is 0 Å². The van der Waals surface area contributed by atoms with E-state index in [9.17, 15) is 0 Å². The maximum atomic E-state index is 4.34. The Bertz CT molecular complexity index is 488. The number of aromatic nitrogens is 4. The Labute approximate surface area is 110 Å². The average Bonchev–Trinajstić information content (AvgIpc) is 2.67. The van der Waals surface area contributed by atoms with Crippen LogP contribution in [-0.4, -0.2) is 19.6 Å². The molecule has 2 rings (SSSR count). The van der Waals surface area contributed by atoms with Crippen LogP contribution in [0.3, 0.4) is 0 Å². The van der Waals surface area contributed by atoms with Crippen LogP contribution in [-0.2, 0) is 13.6 Å². The zero-order valence-corrected chi connectivity index (χ0v) is 12.2. The van der Waals surface area contributed by atoms with Crippen molar-refractivity contribution in [3.05, 3.63) is 31.8 Å². The monoisotopic (exact) mass is 380 g/mol. The molecule has 80 valence electrons. The number of halogens is 2. The third-order valence-corrected chi connectivity index (χ3v) is 3.76. The predicted molar refractivity (Wildman–Crippen MR) is 69.7 cm³/mol. The third-order valence-electron chi connectivity index (χ3n) is 2.18. The fraction of sp³-hybridized carbons (Fsp3) is 0.333. The van der Waals surface area contributed by atoms with Crippen molar-refractivity contribution < 1.29 is 0 Å². The molecule has 0 aliphatic heterocycles. The maximum absolute atomic E-state index is 4.34. The van der Waals surface area contributed by atoms with Crippen LogP contribution in [0.15, 0.2) is 16.9 Å². The molecule has 2 heterocycles. The van der Waals surface area contributed by atoms with Crippen LogP contribution in [0, 0.1) is 10.5 Å². The number of hydrogen-bond donors (Lipinski definition) is 0. The molecule has 15 heavy (non-hydrogen) atoms. The first-order chi connectivity index (χ1) is 7.08. The summed E-state index contributed by atoms with van der Waals surface area (Å²) >= 11 is 5.79. The van der Waals surface area contributed by atoms with Gasteiger partial charge in [0, 0.05) is 13.2 Å². The van der Waals surface area contributed by atoms with Gasteiger partial charge in [-0.05, 0) is 45.4 Å². The molecule has 6 heteroatoms. The van der Waals surface area contributed by atoms with Crippen LogP contribution in [0.25, 0.3) is 0 Å². The smallest absolute Gasteiger partial charge is 0.0840 e.